The summed E-state index contributed by atoms with van der Waals surface area (Å²) in [6.07, 6.45) is -1.09. The number of allylic oxidation sites excluding steroid dienone is 1. The van der Waals surface area contributed by atoms with Gasteiger partial charge >= 0.3 is 0 Å². The Labute approximate surface area is 161 Å². The van der Waals surface area contributed by atoms with Crippen LogP contribution in [-0.4, -0.2) is 34.8 Å². The van der Waals surface area contributed by atoms with E-state index in [1.165, 1.54) is 0 Å². The summed E-state index contributed by atoms with van der Waals surface area (Å²) >= 11 is 6.77. The predicted molar refractivity (Wildman–Crippen MR) is 99.5 cm³/mol. The molecule has 0 unspecified atom stereocenters. The first-order valence-electron chi connectivity index (χ1n) is 7.63. The number of ether oxygens (including phenoxy) is 1. The number of benzene rings is 1. The summed E-state index contributed by atoms with van der Waals surface area (Å²) in [7, 11) is 0. The van der Waals surface area contributed by atoms with Gasteiger partial charge in [0.2, 0.25) is 5.78 Å². The summed E-state index contributed by atoms with van der Waals surface area (Å²) in [5.74, 6) is 0.511. The molecule has 1 aromatic heterocycles. The molecule has 2 heterocycles. The summed E-state index contributed by atoms with van der Waals surface area (Å²) in [4.78, 5) is 12.7. The first-order chi connectivity index (χ1) is 11.9. The Hall–Kier alpha value is -1.25. The van der Waals surface area contributed by atoms with Gasteiger partial charge in [-0.05, 0) is 46.6 Å². The minimum absolute atomic E-state index is 0.0283. The predicted octanol–water partition coefficient (Wildman–Crippen LogP) is 3.76. The van der Waals surface area contributed by atoms with Gasteiger partial charge in [-0.3, -0.25) is 4.79 Å². The maximum Gasteiger partial charge on any atom is 0.203 e. The van der Waals surface area contributed by atoms with Crippen LogP contribution in [-0.2, 0) is 4.74 Å². The molecule has 1 fully saturated rings. The molecule has 0 aliphatic carbocycles. The third-order valence-corrected chi connectivity index (χ3v) is 5.33. The smallest absolute Gasteiger partial charge is 0.203 e. The second-order valence-electron chi connectivity index (χ2n) is 5.77. The third kappa shape index (κ3) is 3.80. The molecule has 3 rings (SSSR count). The minimum Gasteiger partial charge on any atom is -0.463 e. The van der Waals surface area contributed by atoms with Crippen molar-refractivity contribution in [3.8, 4) is 0 Å². The van der Waals surface area contributed by atoms with Crippen molar-refractivity contribution in [3.63, 3.8) is 0 Å². The van der Waals surface area contributed by atoms with Crippen LogP contribution in [0.1, 0.15) is 33.5 Å². The van der Waals surface area contributed by atoms with Gasteiger partial charge in [0.15, 0.2) is 0 Å². The SMILES string of the molecule is Cc1oc([C@@H]2OC[C@@H](O)[C@H]2O)cc1C(=O)/C(Br)=C/c1ccccc1Br. The van der Waals surface area contributed by atoms with Gasteiger partial charge in [-0.1, -0.05) is 34.1 Å². The lowest BCUT2D eigenvalue weighted by atomic mass is 10.1. The molecule has 132 valence electrons. The fourth-order valence-corrected chi connectivity index (χ4v) is 3.50. The van der Waals surface area contributed by atoms with E-state index in [0.29, 0.717) is 21.6 Å². The van der Waals surface area contributed by atoms with Crippen LogP contribution in [0, 0.1) is 6.92 Å². The molecule has 0 saturated carbocycles. The molecule has 1 saturated heterocycles. The highest BCUT2D eigenvalue weighted by Crippen LogP contribution is 2.33. The van der Waals surface area contributed by atoms with Crippen LogP contribution in [0.25, 0.3) is 6.08 Å². The van der Waals surface area contributed by atoms with E-state index in [1.54, 1.807) is 19.1 Å². The zero-order chi connectivity index (χ0) is 18.1. The normalized spacial score (nSPS) is 23.9. The van der Waals surface area contributed by atoms with Gasteiger partial charge < -0.3 is 19.4 Å². The first-order valence-corrected chi connectivity index (χ1v) is 9.21. The third-order valence-electron chi connectivity index (χ3n) is 4.02. The van der Waals surface area contributed by atoms with E-state index in [-0.39, 0.29) is 12.4 Å². The number of hydrogen-bond acceptors (Lipinski definition) is 5. The molecule has 25 heavy (non-hydrogen) atoms. The van der Waals surface area contributed by atoms with Crippen molar-refractivity contribution in [2.75, 3.05) is 6.61 Å². The van der Waals surface area contributed by atoms with Crippen molar-refractivity contribution in [2.45, 2.75) is 25.2 Å². The quantitative estimate of drug-likeness (QED) is 0.524. The molecular formula is C18H16Br2O5. The molecule has 0 bridgehead atoms. The summed E-state index contributed by atoms with van der Waals surface area (Å²) < 4.78 is 12.2. The summed E-state index contributed by atoms with van der Waals surface area (Å²) in [5, 5.41) is 19.5. The zero-order valence-electron chi connectivity index (χ0n) is 13.3. The summed E-state index contributed by atoms with van der Waals surface area (Å²) in [6.45, 7) is 1.70. The molecule has 1 aliphatic heterocycles. The van der Waals surface area contributed by atoms with Gasteiger partial charge in [0, 0.05) is 4.47 Å². The van der Waals surface area contributed by atoms with E-state index in [4.69, 9.17) is 9.15 Å². The van der Waals surface area contributed by atoms with Gasteiger partial charge in [-0.25, -0.2) is 0 Å². The van der Waals surface area contributed by atoms with Crippen molar-refractivity contribution in [2.24, 2.45) is 0 Å². The second kappa shape index (κ2) is 7.55. The molecule has 2 N–H and O–H groups in total. The van der Waals surface area contributed by atoms with Gasteiger partial charge in [0.1, 0.15) is 29.8 Å². The molecule has 7 heteroatoms. The number of halogens is 2. The molecule has 0 amide bonds. The topological polar surface area (TPSA) is 79.9 Å². The van der Waals surface area contributed by atoms with Gasteiger partial charge in [0.05, 0.1) is 16.7 Å². The average Bonchev–Trinajstić information content (AvgIpc) is 3.12. The van der Waals surface area contributed by atoms with Crippen molar-refractivity contribution in [3.05, 3.63) is 61.9 Å². The average molecular weight is 472 g/mol. The molecule has 1 aromatic carbocycles. The fourth-order valence-electron chi connectivity index (χ4n) is 2.65. The molecule has 3 atom stereocenters. The molecule has 0 radical (unpaired) electrons. The van der Waals surface area contributed by atoms with Crippen LogP contribution in [0.4, 0.5) is 0 Å². The lowest BCUT2D eigenvalue weighted by Gasteiger charge is -2.11. The van der Waals surface area contributed by atoms with Crippen molar-refractivity contribution in [1.82, 2.24) is 0 Å². The Morgan fingerprint density at radius 1 is 1.32 bits per heavy atom. The molecule has 2 aromatic rings. The van der Waals surface area contributed by atoms with Gasteiger partial charge in [-0.15, -0.1) is 0 Å². The standard InChI is InChI=1S/C18H16Br2O5/c1-9-11(7-15(25-9)18-17(23)14(21)8-24-18)16(22)13(20)6-10-4-2-3-5-12(10)19/h2-7,14,17-18,21,23H,8H2,1H3/b13-6-/t14-,17-,18+/m1/s1. The largest absolute Gasteiger partial charge is 0.463 e. The number of Topliss-reactive ketones (excluding diaryl/α,β-unsaturated/α-hetero) is 1. The second-order valence-corrected chi connectivity index (χ2v) is 7.48. The number of ketones is 1. The van der Waals surface area contributed by atoms with Crippen LogP contribution >= 0.6 is 31.9 Å². The van der Waals surface area contributed by atoms with Crippen molar-refractivity contribution in [1.29, 1.82) is 0 Å². The zero-order valence-corrected chi connectivity index (χ0v) is 16.5. The lowest BCUT2D eigenvalue weighted by Crippen LogP contribution is -2.24. The molecule has 0 spiro atoms. The Kier molecular flexibility index (Phi) is 5.60. The monoisotopic (exact) mass is 470 g/mol. The van der Waals surface area contributed by atoms with E-state index < -0.39 is 18.3 Å². The maximum absolute atomic E-state index is 12.7. The number of rotatable bonds is 4. The first kappa shape index (κ1) is 18.5. The van der Waals surface area contributed by atoms with Crippen LogP contribution in [0.5, 0.6) is 0 Å². The highest BCUT2D eigenvalue weighted by Gasteiger charge is 2.38. The minimum atomic E-state index is -1.08. The molecular weight excluding hydrogens is 456 g/mol. The van der Waals surface area contributed by atoms with E-state index in [2.05, 4.69) is 31.9 Å². The number of carbonyl (C=O) groups is 1. The van der Waals surface area contributed by atoms with Crippen molar-refractivity contribution >= 4 is 43.7 Å². The number of furan rings is 1. The summed E-state index contributed by atoms with van der Waals surface area (Å²) in [6, 6.07) is 9.11. The highest BCUT2D eigenvalue weighted by molar-refractivity contribution is 9.12. The van der Waals surface area contributed by atoms with Crippen LogP contribution in [0.2, 0.25) is 0 Å². The molecule has 5 nitrogen and oxygen atoms in total. The molecule has 1 aliphatic rings. The van der Waals surface area contributed by atoms with Crippen LogP contribution in [0.15, 0.2) is 43.7 Å². The number of hydrogen-bond donors (Lipinski definition) is 2. The number of aliphatic hydroxyl groups excluding tert-OH is 2. The Bertz CT molecular complexity index is 827. The Morgan fingerprint density at radius 3 is 2.68 bits per heavy atom. The van der Waals surface area contributed by atoms with Gasteiger partial charge in [0.25, 0.3) is 0 Å². The van der Waals surface area contributed by atoms with Crippen molar-refractivity contribution < 1.29 is 24.2 Å². The number of carbonyl (C=O) groups excluding carboxylic acids is 1. The van der Waals surface area contributed by atoms with E-state index in [1.807, 2.05) is 24.3 Å². The maximum atomic E-state index is 12.7. The van der Waals surface area contributed by atoms with Crippen LogP contribution in [0.3, 0.4) is 0 Å². The Morgan fingerprint density at radius 2 is 2.04 bits per heavy atom. The van der Waals surface area contributed by atoms with Crippen LogP contribution < -0.4 is 0 Å². The van der Waals surface area contributed by atoms with E-state index in [0.717, 1.165) is 10.0 Å². The fraction of sp³-hybridized carbons (Fsp3) is 0.278. The summed E-state index contributed by atoms with van der Waals surface area (Å²) in [5.41, 5.74) is 1.24. The van der Waals surface area contributed by atoms with Gasteiger partial charge in [-0.2, -0.15) is 0 Å². The van der Waals surface area contributed by atoms with E-state index in [9.17, 15) is 15.0 Å². The lowest BCUT2D eigenvalue weighted by molar-refractivity contribution is 0.0117. The number of aliphatic hydroxyl groups is 2. The highest BCUT2D eigenvalue weighted by atomic mass is 79.9. The van der Waals surface area contributed by atoms with E-state index >= 15 is 0 Å². The Balaban J connectivity index is 1.87. The number of aryl methyl sites for hydroxylation is 1.